The molecule has 0 aliphatic carbocycles. The fourth-order valence-corrected chi connectivity index (χ4v) is 2.87. The van der Waals surface area contributed by atoms with Gasteiger partial charge in [0, 0.05) is 57.3 Å². The number of rotatable bonds is 6. The first kappa shape index (κ1) is 22.4. The Bertz CT molecular complexity index is 731. The van der Waals surface area contributed by atoms with Crippen LogP contribution in [0, 0.1) is 13.8 Å². The maximum Gasteiger partial charge on any atom is 0.191 e. The molecule has 0 aliphatic rings. The molecule has 1 unspecified atom stereocenters. The molecule has 146 valence electrons. The van der Waals surface area contributed by atoms with Gasteiger partial charge in [0.2, 0.25) is 0 Å². The van der Waals surface area contributed by atoms with Crippen LogP contribution >= 0.6 is 24.0 Å². The Labute approximate surface area is 173 Å². The van der Waals surface area contributed by atoms with E-state index in [1.807, 2.05) is 42.8 Å². The molecule has 2 heterocycles. The van der Waals surface area contributed by atoms with E-state index in [4.69, 9.17) is 0 Å². The molecule has 2 aromatic heterocycles. The van der Waals surface area contributed by atoms with Crippen molar-refractivity contribution in [3.63, 3.8) is 0 Å². The topological polar surface area (TPSA) is 75.3 Å². The zero-order valence-electron chi connectivity index (χ0n) is 16.7. The highest BCUT2D eigenvalue weighted by Crippen LogP contribution is 2.16. The molecule has 0 saturated carbocycles. The van der Waals surface area contributed by atoms with E-state index in [9.17, 15) is 0 Å². The summed E-state index contributed by atoms with van der Waals surface area (Å²) in [7, 11) is 9.82. The lowest BCUT2D eigenvalue weighted by molar-refractivity contribution is 0.298. The zero-order chi connectivity index (χ0) is 18.6. The molecular formula is C17H31IN8. The van der Waals surface area contributed by atoms with E-state index >= 15 is 0 Å². The fraction of sp³-hybridized carbons (Fsp3) is 0.588. The average Bonchev–Trinajstić information content (AvgIpc) is 3.07. The van der Waals surface area contributed by atoms with Crippen LogP contribution < -0.4 is 10.6 Å². The predicted octanol–water partition coefficient (Wildman–Crippen LogP) is 1.36. The molecule has 0 fully saturated rings. The van der Waals surface area contributed by atoms with Crippen LogP contribution in [-0.4, -0.2) is 58.1 Å². The van der Waals surface area contributed by atoms with E-state index in [-0.39, 0.29) is 30.0 Å². The number of aryl methyl sites for hydroxylation is 3. The van der Waals surface area contributed by atoms with Crippen molar-refractivity contribution >= 4 is 29.9 Å². The third kappa shape index (κ3) is 5.44. The van der Waals surface area contributed by atoms with E-state index in [0.29, 0.717) is 6.54 Å². The van der Waals surface area contributed by atoms with Crippen LogP contribution in [0.15, 0.2) is 17.4 Å². The first-order valence-electron chi connectivity index (χ1n) is 8.42. The molecule has 0 spiro atoms. The van der Waals surface area contributed by atoms with Crippen molar-refractivity contribution in [1.82, 2.24) is 35.1 Å². The summed E-state index contributed by atoms with van der Waals surface area (Å²) in [5.74, 6) is 0.776. The van der Waals surface area contributed by atoms with Crippen LogP contribution in [0.1, 0.15) is 28.6 Å². The summed E-state index contributed by atoms with van der Waals surface area (Å²) in [4.78, 5) is 6.50. The molecule has 1 atom stereocenters. The van der Waals surface area contributed by atoms with E-state index in [2.05, 4.69) is 51.7 Å². The highest BCUT2D eigenvalue weighted by molar-refractivity contribution is 14.0. The average molecular weight is 474 g/mol. The van der Waals surface area contributed by atoms with E-state index in [0.717, 1.165) is 18.2 Å². The number of aliphatic imine (C=N–C) groups is 1. The van der Waals surface area contributed by atoms with Crippen LogP contribution in [0.3, 0.4) is 0 Å². The normalized spacial score (nSPS) is 12.8. The van der Waals surface area contributed by atoms with Gasteiger partial charge in [-0.05, 0) is 27.9 Å². The molecule has 9 heteroatoms. The number of aromatic nitrogens is 4. The summed E-state index contributed by atoms with van der Waals surface area (Å²) in [6, 6.07) is 0.217. The van der Waals surface area contributed by atoms with E-state index < -0.39 is 0 Å². The maximum atomic E-state index is 4.45. The van der Waals surface area contributed by atoms with Crippen molar-refractivity contribution in [2.75, 3.05) is 27.7 Å². The summed E-state index contributed by atoms with van der Waals surface area (Å²) in [6.07, 6.45) is 3.95. The quantitative estimate of drug-likeness (QED) is 0.376. The lowest BCUT2D eigenvalue weighted by Gasteiger charge is -2.24. The number of hydrogen-bond acceptors (Lipinski definition) is 4. The van der Waals surface area contributed by atoms with Crippen LogP contribution in [0.4, 0.5) is 0 Å². The van der Waals surface area contributed by atoms with Crippen LogP contribution in [0.25, 0.3) is 0 Å². The first-order valence-corrected chi connectivity index (χ1v) is 8.42. The van der Waals surface area contributed by atoms with Gasteiger partial charge in [0.25, 0.3) is 0 Å². The molecule has 0 aliphatic heterocycles. The fourth-order valence-electron chi connectivity index (χ4n) is 2.87. The highest BCUT2D eigenvalue weighted by atomic mass is 127. The van der Waals surface area contributed by atoms with Crippen LogP contribution in [0.2, 0.25) is 0 Å². The Morgan fingerprint density at radius 1 is 1.27 bits per heavy atom. The molecule has 2 rings (SSSR count). The van der Waals surface area contributed by atoms with Gasteiger partial charge in [-0.25, -0.2) is 0 Å². The molecule has 0 aromatic carbocycles. The Hall–Kier alpha value is -1.62. The minimum absolute atomic E-state index is 0. The zero-order valence-corrected chi connectivity index (χ0v) is 19.1. The van der Waals surface area contributed by atoms with Gasteiger partial charge in [0.1, 0.15) is 0 Å². The third-order valence-corrected chi connectivity index (χ3v) is 4.51. The molecule has 0 amide bonds. The number of halogens is 1. The largest absolute Gasteiger partial charge is 0.354 e. The summed E-state index contributed by atoms with van der Waals surface area (Å²) in [5.41, 5.74) is 4.60. The summed E-state index contributed by atoms with van der Waals surface area (Å²) >= 11 is 0. The van der Waals surface area contributed by atoms with Crippen molar-refractivity contribution in [2.45, 2.75) is 26.4 Å². The first-order chi connectivity index (χ1) is 11.8. The molecule has 26 heavy (non-hydrogen) atoms. The van der Waals surface area contributed by atoms with Gasteiger partial charge in [-0.3, -0.25) is 14.4 Å². The molecule has 2 N–H and O–H groups in total. The molecule has 8 nitrogen and oxygen atoms in total. The SMILES string of the molecule is CN=C(NCc1c(C)nn(C)c1C)NCC(c1cnn(C)c1)N(C)C.I. The van der Waals surface area contributed by atoms with Gasteiger partial charge in [-0.2, -0.15) is 10.2 Å². The van der Waals surface area contributed by atoms with Crippen LogP contribution in [0.5, 0.6) is 0 Å². The second kappa shape index (κ2) is 9.91. The molecule has 0 radical (unpaired) electrons. The third-order valence-electron chi connectivity index (χ3n) is 4.51. The van der Waals surface area contributed by atoms with Gasteiger partial charge >= 0.3 is 0 Å². The van der Waals surface area contributed by atoms with Crippen LogP contribution in [-0.2, 0) is 20.6 Å². The van der Waals surface area contributed by atoms with Gasteiger partial charge in [-0.15, -0.1) is 24.0 Å². The molecule has 2 aromatic rings. The van der Waals surface area contributed by atoms with Crippen molar-refractivity contribution in [1.29, 1.82) is 0 Å². The monoisotopic (exact) mass is 474 g/mol. The number of nitrogens with one attached hydrogen (secondary N) is 2. The van der Waals surface area contributed by atoms with E-state index in [1.165, 1.54) is 16.8 Å². The lowest BCUT2D eigenvalue weighted by Crippen LogP contribution is -2.41. The number of nitrogens with zero attached hydrogens (tertiary/aromatic N) is 6. The molecule has 0 saturated heterocycles. The van der Waals surface area contributed by atoms with Gasteiger partial charge in [0.15, 0.2) is 5.96 Å². The lowest BCUT2D eigenvalue weighted by atomic mass is 10.1. The highest BCUT2D eigenvalue weighted by Gasteiger charge is 2.16. The minimum Gasteiger partial charge on any atom is -0.354 e. The Morgan fingerprint density at radius 2 is 1.96 bits per heavy atom. The van der Waals surface area contributed by atoms with Gasteiger partial charge in [-0.1, -0.05) is 0 Å². The molecular weight excluding hydrogens is 443 g/mol. The minimum atomic E-state index is 0. The predicted molar refractivity (Wildman–Crippen MR) is 116 cm³/mol. The standard InChI is InChI=1S/C17H30N8.HI/c1-12-15(13(2)25(7)22-12)9-19-17(18-3)20-10-16(23(4)5)14-8-21-24(6)11-14;/h8,11,16H,9-10H2,1-7H3,(H2,18,19,20);1H. The maximum absolute atomic E-state index is 4.45. The number of guanidine groups is 1. The Morgan fingerprint density at radius 3 is 2.42 bits per heavy atom. The Kier molecular flexibility index (Phi) is 8.54. The summed E-state index contributed by atoms with van der Waals surface area (Å²) in [5, 5.41) is 15.5. The van der Waals surface area contributed by atoms with Gasteiger partial charge < -0.3 is 15.5 Å². The second-order valence-corrected chi connectivity index (χ2v) is 6.51. The van der Waals surface area contributed by atoms with Crippen molar-refractivity contribution < 1.29 is 0 Å². The second-order valence-electron chi connectivity index (χ2n) is 6.51. The van der Waals surface area contributed by atoms with Crippen molar-refractivity contribution in [3.8, 4) is 0 Å². The van der Waals surface area contributed by atoms with Gasteiger partial charge in [0.05, 0.1) is 17.9 Å². The summed E-state index contributed by atoms with van der Waals surface area (Å²) < 4.78 is 3.74. The number of hydrogen-bond donors (Lipinski definition) is 2. The Balaban J connectivity index is 0.00000338. The van der Waals surface area contributed by atoms with E-state index in [1.54, 1.807) is 7.05 Å². The smallest absolute Gasteiger partial charge is 0.191 e. The number of likely N-dealkylation sites (N-methyl/N-ethyl adjacent to an activating group) is 1. The van der Waals surface area contributed by atoms with Crippen molar-refractivity contribution in [2.24, 2.45) is 19.1 Å². The summed E-state index contributed by atoms with van der Waals surface area (Å²) in [6.45, 7) is 5.55. The molecule has 0 bridgehead atoms. The van der Waals surface area contributed by atoms with Crippen molar-refractivity contribution in [3.05, 3.63) is 34.9 Å².